The lowest BCUT2D eigenvalue weighted by Crippen LogP contribution is -1.96. The van der Waals surface area contributed by atoms with Crippen molar-refractivity contribution in [3.05, 3.63) is 23.0 Å². The molecule has 2 heterocycles. The normalized spacial score (nSPS) is 10.8. The van der Waals surface area contributed by atoms with Crippen LogP contribution in [-0.4, -0.2) is 20.5 Å². The van der Waals surface area contributed by atoms with Gasteiger partial charge in [0.2, 0.25) is 0 Å². The summed E-state index contributed by atoms with van der Waals surface area (Å²) in [6.07, 6.45) is 1.59. The maximum absolute atomic E-state index is 11.3. The van der Waals surface area contributed by atoms with Gasteiger partial charge >= 0.3 is 0 Å². The quantitative estimate of drug-likeness (QED) is 0.674. The molecule has 2 aromatic rings. The van der Waals surface area contributed by atoms with Gasteiger partial charge in [-0.15, -0.1) is 0 Å². The van der Waals surface area contributed by atoms with Gasteiger partial charge in [0.25, 0.3) is 0 Å². The van der Waals surface area contributed by atoms with Gasteiger partial charge in [-0.3, -0.25) is 4.79 Å². The molecule has 2 rings (SSSR count). The molecule has 4 nitrogen and oxygen atoms in total. The second-order valence-corrected chi connectivity index (χ2v) is 3.43. The lowest BCUT2D eigenvalue weighted by Gasteiger charge is -1.93. The molecule has 0 atom stereocenters. The van der Waals surface area contributed by atoms with E-state index in [1.807, 2.05) is 0 Å². The average molecular weight is 210 g/mol. The van der Waals surface area contributed by atoms with Crippen LogP contribution in [0, 0.1) is 0 Å². The zero-order valence-corrected chi connectivity index (χ0v) is 8.54. The number of carbonyl (C=O) groups excluding carboxylic acids is 1. The van der Waals surface area contributed by atoms with E-state index in [2.05, 4.69) is 10.1 Å². The minimum Gasteiger partial charge on any atom is -0.293 e. The number of pyridine rings is 1. The van der Waals surface area contributed by atoms with Crippen molar-refractivity contribution in [1.29, 1.82) is 0 Å². The maximum atomic E-state index is 11.3. The predicted octanol–water partition coefficient (Wildman–Crippen LogP) is 1.82. The standard InChI is InChI=1S/C9H8ClN3O/c1-5(14)8-7-6(10)3-4-11-9(7)13(2)12-8/h3-4H,1-2H3. The summed E-state index contributed by atoms with van der Waals surface area (Å²) in [5.41, 5.74) is 1.00. The van der Waals surface area contributed by atoms with Gasteiger partial charge in [-0.05, 0) is 6.07 Å². The highest BCUT2D eigenvalue weighted by atomic mass is 35.5. The second-order valence-electron chi connectivity index (χ2n) is 3.02. The van der Waals surface area contributed by atoms with Gasteiger partial charge in [-0.1, -0.05) is 11.6 Å². The summed E-state index contributed by atoms with van der Waals surface area (Å²) >= 11 is 5.97. The van der Waals surface area contributed by atoms with Crippen molar-refractivity contribution in [1.82, 2.24) is 14.8 Å². The summed E-state index contributed by atoms with van der Waals surface area (Å²) < 4.78 is 1.55. The maximum Gasteiger partial charge on any atom is 0.180 e. The number of nitrogens with zero attached hydrogens (tertiary/aromatic N) is 3. The van der Waals surface area contributed by atoms with E-state index in [9.17, 15) is 4.79 Å². The van der Waals surface area contributed by atoms with Crippen molar-refractivity contribution in [3.8, 4) is 0 Å². The number of rotatable bonds is 1. The smallest absolute Gasteiger partial charge is 0.180 e. The largest absolute Gasteiger partial charge is 0.293 e. The van der Waals surface area contributed by atoms with Crippen LogP contribution in [0.4, 0.5) is 0 Å². The Bertz CT molecular complexity index is 518. The molecule has 0 saturated heterocycles. The summed E-state index contributed by atoms with van der Waals surface area (Å²) in [7, 11) is 1.73. The van der Waals surface area contributed by atoms with Crippen LogP contribution < -0.4 is 0 Å². The summed E-state index contributed by atoms with van der Waals surface area (Å²) in [6.45, 7) is 1.46. The molecule has 0 unspecified atom stereocenters. The zero-order valence-electron chi connectivity index (χ0n) is 7.78. The molecule has 0 bridgehead atoms. The molecule has 0 aliphatic carbocycles. The van der Waals surface area contributed by atoms with Crippen LogP contribution in [0.1, 0.15) is 17.4 Å². The monoisotopic (exact) mass is 209 g/mol. The fraction of sp³-hybridized carbons (Fsp3) is 0.222. The molecule has 0 radical (unpaired) electrons. The van der Waals surface area contributed by atoms with Gasteiger partial charge in [-0.25, -0.2) is 9.67 Å². The van der Waals surface area contributed by atoms with E-state index in [4.69, 9.17) is 11.6 Å². The highest BCUT2D eigenvalue weighted by molar-refractivity contribution is 6.36. The number of fused-ring (bicyclic) bond motifs is 1. The number of carbonyl (C=O) groups is 1. The van der Waals surface area contributed by atoms with Gasteiger partial charge < -0.3 is 0 Å². The Labute approximate surface area is 85.5 Å². The van der Waals surface area contributed by atoms with Crippen molar-refractivity contribution in [2.75, 3.05) is 0 Å². The number of hydrogen-bond acceptors (Lipinski definition) is 3. The molecule has 0 saturated carbocycles. The first-order chi connectivity index (χ1) is 6.61. The molecule has 72 valence electrons. The van der Waals surface area contributed by atoms with Crippen molar-refractivity contribution >= 4 is 28.4 Å². The molecule has 0 aromatic carbocycles. The van der Waals surface area contributed by atoms with Crippen molar-refractivity contribution in [2.24, 2.45) is 7.05 Å². The Hall–Kier alpha value is -1.42. The lowest BCUT2D eigenvalue weighted by molar-refractivity contribution is 0.101. The van der Waals surface area contributed by atoms with Crippen LogP contribution in [0.5, 0.6) is 0 Å². The van der Waals surface area contributed by atoms with Gasteiger partial charge in [0.1, 0.15) is 5.69 Å². The molecule has 2 aromatic heterocycles. The minimum atomic E-state index is -0.106. The molecular weight excluding hydrogens is 202 g/mol. The molecule has 0 fully saturated rings. The van der Waals surface area contributed by atoms with E-state index in [0.29, 0.717) is 21.7 Å². The van der Waals surface area contributed by atoms with Crippen LogP contribution in [0.2, 0.25) is 5.02 Å². The summed E-state index contributed by atoms with van der Waals surface area (Å²) in [5, 5.41) is 5.21. The van der Waals surface area contributed by atoms with Gasteiger partial charge in [0, 0.05) is 20.2 Å². The Morgan fingerprint density at radius 2 is 2.29 bits per heavy atom. The highest BCUT2D eigenvalue weighted by Gasteiger charge is 2.15. The van der Waals surface area contributed by atoms with Crippen LogP contribution in [-0.2, 0) is 7.05 Å². The van der Waals surface area contributed by atoms with Crippen molar-refractivity contribution < 1.29 is 4.79 Å². The summed E-state index contributed by atoms with van der Waals surface area (Å²) in [4.78, 5) is 15.4. The predicted molar refractivity (Wildman–Crippen MR) is 53.5 cm³/mol. The number of ketones is 1. The third kappa shape index (κ3) is 1.19. The summed E-state index contributed by atoms with van der Waals surface area (Å²) in [5.74, 6) is -0.106. The molecule has 0 aliphatic heterocycles. The molecule has 0 aliphatic rings. The Morgan fingerprint density at radius 1 is 1.57 bits per heavy atom. The van der Waals surface area contributed by atoms with E-state index >= 15 is 0 Å². The van der Waals surface area contributed by atoms with E-state index in [1.54, 1.807) is 24.0 Å². The zero-order chi connectivity index (χ0) is 10.3. The second kappa shape index (κ2) is 3.06. The number of aryl methyl sites for hydroxylation is 1. The number of Topliss-reactive ketones (excluding diaryl/α,β-unsaturated/α-hetero) is 1. The number of hydrogen-bond donors (Lipinski definition) is 0. The molecule has 0 N–H and O–H groups in total. The van der Waals surface area contributed by atoms with Gasteiger partial charge in [0.15, 0.2) is 11.4 Å². The average Bonchev–Trinajstić information content (AvgIpc) is 2.46. The SMILES string of the molecule is CC(=O)c1nn(C)c2nccc(Cl)c12. The molecule has 14 heavy (non-hydrogen) atoms. The van der Waals surface area contributed by atoms with Crippen molar-refractivity contribution in [2.45, 2.75) is 6.92 Å². The van der Waals surface area contributed by atoms with E-state index in [-0.39, 0.29) is 5.78 Å². The van der Waals surface area contributed by atoms with Crippen LogP contribution in [0.25, 0.3) is 11.0 Å². The third-order valence-corrected chi connectivity index (χ3v) is 2.32. The molecule has 0 amide bonds. The van der Waals surface area contributed by atoms with E-state index in [0.717, 1.165) is 0 Å². The molecule has 5 heteroatoms. The van der Waals surface area contributed by atoms with Gasteiger partial charge in [-0.2, -0.15) is 5.10 Å². The van der Waals surface area contributed by atoms with E-state index < -0.39 is 0 Å². The molecular formula is C9H8ClN3O. The van der Waals surface area contributed by atoms with Crippen molar-refractivity contribution in [3.63, 3.8) is 0 Å². The fourth-order valence-corrected chi connectivity index (χ4v) is 1.62. The first kappa shape index (κ1) is 9.15. The lowest BCUT2D eigenvalue weighted by atomic mass is 10.2. The first-order valence-electron chi connectivity index (χ1n) is 4.09. The first-order valence-corrected chi connectivity index (χ1v) is 4.47. The third-order valence-electron chi connectivity index (χ3n) is 2.01. The number of aromatic nitrogens is 3. The minimum absolute atomic E-state index is 0.106. The van der Waals surface area contributed by atoms with Crippen LogP contribution >= 0.6 is 11.6 Å². The fourth-order valence-electron chi connectivity index (χ4n) is 1.39. The Kier molecular flexibility index (Phi) is 2.00. The van der Waals surface area contributed by atoms with Gasteiger partial charge in [0.05, 0.1) is 10.4 Å². The Balaban J connectivity index is 2.93. The van der Waals surface area contributed by atoms with E-state index in [1.165, 1.54) is 6.92 Å². The summed E-state index contributed by atoms with van der Waals surface area (Å²) in [6, 6.07) is 1.65. The number of halogens is 1. The Morgan fingerprint density at radius 3 is 2.93 bits per heavy atom. The van der Waals surface area contributed by atoms with Crippen LogP contribution in [0.15, 0.2) is 12.3 Å². The molecule has 0 spiro atoms. The van der Waals surface area contributed by atoms with Crippen LogP contribution in [0.3, 0.4) is 0 Å². The topological polar surface area (TPSA) is 47.8 Å². The highest BCUT2D eigenvalue weighted by Crippen LogP contribution is 2.24.